The Labute approximate surface area is 131 Å². The van der Waals surface area contributed by atoms with Crippen LogP contribution in [0, 0.1) is 5.82 Å². The van der Waals surface area contributed by atoms with Gasteiger partial charge >= 0.3 is 0 Å². The van der Waals surface area contributed by atoms with Crippen LogP contribution in [-0.4, -0.2) is 6.54 Å². The van der Waals surface area contributed by atoms with E-state index in [0.717, 1.165) is 31.4 Å². The smallest absolute Gasteiger partial charge is 0.142 e. The summed E-state index contributed by atoms with van der Waals surface area (Å²) in [5.41, 5.74) is 2.13. The van der Waals surface area contributed by atoms with Gasteiger partial charge in [-0.25, -0.2) is 4.39 Å². The van der Waals surface area contributed by atoms with Crippen molar-refractivity contribution in [2.45, 2.75) is 32.2 Å². The third kappa shape index (κ3) is 4.55. The second kappa shape index (κ2) is 8.16. The molecule has 1 unspecified atom stereocenters. The van der Waals surface area contributed by atoms with E-state index in [1.165, 1.54) is 11.6 Å². The molecule has 1 atom stereocenters. The molecule has 21 heavy (non-hydrogen) atoms. The maximum Gasteiger partial charge on any atom is 0.142 e. The summed E-state index contributed by atoms with van der Waals surface area (Å²) in [7, 11) is 0. The quantitative estimate of drug-likeness (QED) is 0.745. The van der Waals surface area contributed by atoms with Gasteiger partial charge in [-0.05, 0) is 43.0 Å². The van der Waals surface area contributed by atoms with Crippen molar-refractivity contribution in [1.29, 1.82) is 0 Å². The maximum absolute atomic E-state index is 13.5. The van der Waals surface area contributed by atoms with Gasteiger partial charge < -0.3 is 5.32 Å². The summed E-state index contributed by atoms with van der Waals surface area (Å²) in [6.07, 6.45) is 2.74. The molecule has 0 saturated carbocycles. The maximum atomic E-state index is 13.5. The first-order valence-corrected chi connectivity index (χ1v) is 7.81. The molecule has 0 radical (unpaired) electrons. The standard InChI is InChI=1S/C18H21ClFN/c1-2-13-21-17(14-7-4-3-5-8-14)12-11-15-9-6-10-16(20)18(15)19/h3-10,17,21H,2,11-13H2,1H3. The van der Waals surface area contributed by atoms with Gasteiger partial charge in [-0.3, -0.25) is 0 Å². The molecule has 0 heterocycles. The molecule has 0 spiro atoms. The molecule has 1 N–H and O–H groups in total. The fourth-order valence-electron chi connectivity index (χ4n) is 2.43. The van der Waals surface area contributed by atoms with E-state index in [4.69, 9.17) is 11.6 Å². The molecule has 0 amide bonds. The average molecular weight is 306 g/mol. The minimum absolute atomic E-state index is 0.250. The minimum atomic E-state index is -0.341. The zero-order chi connectivity index (χ0) is 15.1. The first kappa shape index (κ1) is 16.0. The summed E-state index contributed by atoms with van der Waals surface area (Å²) >= 11 is 6.03. The molecule has 0 fully saturated rings. The molecule has 112 valence electrons. The summed E-state index contributed by atoms with van der Waals surface area (Å²) in [5.74, 6) is -0.341. The van der Waals surface area contributed by atoms with Crippen molar-refractivity contribution in [2.24, 2.45) is 0 Å². The number of benzene rings is 2. The third-order valence-corrected chi connectivity index (χ3v) is 4.00. The summed E-state index contributed by atoms with van der Waals surface area (Å²) in [4.78, 5) is 0. The Bertz CT molecular complexity index is 556. The zero-order valence-electron chi connectivity index (χ0n) is 12.3. The Hall–Kier alpha value is -1.38. The summed E-state index contributed by atoms with van der Waals surface area (Å²) in [6.45, 7) is 3.12. The first-order chi connectivity index (χ1) is 10.2. The van der Waals surface area contributed by atoms with Crippen LogP contribution in [0.15, 0.2) is 48.5 Å². The Morgan fingerprint density at radius 3 is 2.57 bits per heavy atom. The second-order valence-corrected chi connectivity index (χ2v) is 5.55. The monoisotopic (exact) mass is 305 g/mol. The van der Waals surface area contributed by atoms with Crippen molar-refractivity contribution in [3.05, 3.63) is 70.5 Å². The topological polar surface area (TPSA) is 12.0 Å². The van der Waals surface area contributed by atoms with E-state index in [9.17, 15) is 4.39 Å². The van der Waals surface area contributed by atoms with Gasteiger partial charge in [0.25, 0.3) is 0 Å². The third-order valence-electron chi connectivity index (χ3n) is 3.58. The van der Waals surface area contributed by atoms with Crippen LogP contribution >= 0.6 is 11.6 Å². The second-order valence-electron chi connectivity index (χ2n) is 5.17. The molecular formula is C18H21ClFN. The molecule has 2 aromatic rings. The molecule has 0 aliphatic carbocycles. The Kier molecular flexibility index (Phi) is 6.21. The predicted octanol–water partition coefficient (Wildman–Crippen LogP) is 5.15. The fourth-order valence-corrected chi connectivity index (χ4v) is 2.65. The van der Waals surface area contributed by atoms with Crippen LogP contribution in [0.2, 0.25) is 5.02 Å². The van der Waals surface area contributed by atoms with E-state index >= 15 is 0 Å². The van der Waals surface area contributed by atoms with Crippen molar-refractivity contribution < 1.29 is 4.39 Å². The number of rotatable bonds is 7. The van der Waals surface area contributed by atoms with Crippen LogP contribution in [0.3, 0.4) is 0 Å². The lowest BCUT2D eigenvalue weighted by atomic mass is 9.98. The number of hydrogen-bond acceptors (Lipinski definition) is 1. The van der Waals surface area contributed by atoms with Gasteiger partial charge in [0.1, 0.15) is 5.82 Å². The molecular weight excluding hydrogens is 285 g/mol. The normalized spacial score (nSPS) is 12.3. The van der Waals surface area contributed by atoms with E-state index in [1.807, 2.05) is 24.3 Å². The van der Waals surface area contributed by atoms with Crippen LogP contribution < -0.4 is 5.32 Å². The van der Waals surface area contributed by atoms with Gasteiger partial charge in [0.2, 0.25) is 0 Å². The lowest BCUT2D eigenvalue weighted by Gasteiger charge is -2.19. The molecule has 2 rings (SSSR count). The van der Waals surface area contributed by atoms with Crippen molar-refractivity contribution in [3.8, 4) is 0 Å². The summed E-state index contributed by atoms with van der Waals surface area (Å²) in [6, 6.07) is 15.6. The molecule has 0 bridgehead atoms. The highest BCUT2D eigenvalue weighted by Crippen LogP contribution is 2.24. The average Bonchev–Trinajstić information content (AvgIpc) is 2.52. The van der Waals surface area contributed by atoms with Gasteiger partial charge in [0.05, 0.1) is 5.02 Å². The molecule has 0 aliphatic heterocycles. The van der Waals surface area contributed by atoms with Gasteiger partial charge in [-0.15, -0.1) is 0 Å². The number of aryl methyl sites for hydroxylation is 1. The molecule has 1 nitrogen and oxygen atoms in total. The Morgan fingerprint density at radius 2 is 1.86 bits per heavy atom. The van der Waals surface area contributed by atoms with E-state index in [0.29, 0.717) is 0 Å². The minimum Gasteiger partial charge on any atom is -0.310 e. The van der Waals surface area contributed by atoms with E-state index in [2.05, 4.69) is 24.4 Å². The van der Waals surface area contributed by atoms with Crippen molar-refractivity contribution in [3.63, 3.8) is 0 Å². The highest BCUT2D eigenvalue weighted by atomic mass is 35.5. The summed E-state index contributed by atoms with van der Waals surface area (Å²) < 4.78 is 13.5. The van der Waals surface area contributed by atoms with Crippen molar-refractivity contribution >= 4 is 11.6 Å². The van der Waals surface area contributed by atoms with Gasteiger partial charge in [0, 0.05) is 6.04 Å². The van der Waals surface area contributed by atoms with E-state index in [-0.39, 0.29) is 16.9 Å². The first-order valence-electron chi connectivity index (χ1n) is 7.43. The predicted molar refractivity (Wildman–Crippen MR) is 87.2 cm³/mol. The number of halogens is 2. The largest absolute Gasteiger partial charge is 0.310 e. The highest BCUT2D eigenvalue weighted by Gasteiger charge is 2.12. The number of hydrogen-bond donors (Lipinski definition) is 1. The molecule has 0 aliphatic rings. The van der Waals surface area contributed by atoms with Crippen LogP contribution in [-0.2, 0) is 6.42 Å². The van der Waals surface area contributed by atoms with Gasteiger partial charge in [0.15, 0.2) is 0 Å². The van der Waals surface area contributed by atoms with Crippen LogP contribution in [0.25, 0.3) is 0 Å². The fraction of sp³-hybridized carbons (Fsp3) is 0.333. The Balaban J connectivity index is 2.07. The highest BCUT2D eigenvalue weighted by molar-refractivity contribution is 6.31. The lowest BCUT2D eigenvalue weighted by molar-refractivity contribution is 0.498. The lowest BCUT2D eigenvalue weighted by Crippen LogP contribution is -2.22. The van der Waals surface area contributed by atoms with E-state index in [1.54, 1.807) is 6.07 Å². The SMILES string of the molecule is CCCNC(CCc1cccc(F)c1Cl)c1ccccc1. The zero-order valence-corrected chi connectivity index (χ0v) is 13.0. The molecule has 0 aromatic heterocycles. The van der Waals surface area contributed by atoms with Crippen LogP contribution in [0.4, 0.5) is 4.39 Å². The van der Waals surface area contributed by atoms with E-state index < -0.39 is 0 Å². The van der Waals surface area contributed by atoms with Crippen LogP contribution in [0.5, 0.6) is 0 Å². The van der Waals surface area contributed by atoms with Crippen LogP contribution in [0.1, 0.15) is 36.9 Å². The number of nitrogens with one attached hydrogen (secondary N) is 1. The van der Waals surface area contributed by atoms with Crippen molar-refractivity contribution in [1.82, 2.24) is 5.32 Å². The van der Waals surface area contributed by atoms with Gasteiger partial charge in [-0.2, -0.15) is 0 Å². The Morgan fingerprint density at radius 1 is 1.10 bits per heavy atom. The molecule has 2 aromatic carbocycles. The molecule has 3 heteroatoms. The van der Waals surface area contributed by atoms with Crippen molar-refractivity contribution in [2.75, 3.05) is 6.54 Å². The molecule has 0 saturated heterocycles. The van der Waals surface area contributed by atoms with Gasteiger partial charge in [-0.1, -0.05) is 61.0 Å². The summed E-state index contributed by atoms with van der Waals surface area (Å²) in [5, 5.41) is 3.80.